The summed E-state index contributed by atoms with van der Waals surface area (Å²) in [7, 11) is 1.75. The van der Waals surface area contributed by atoms with Gasteiger partial charge in [-0.2, -0.15) is 5.26 Å². The molecule has 7 nitrogen and oxygen atoms in total. The predicted octanol–water partition coefficient (Wildman–Crippen LogP) is 3.77. The summed E-state index contributed by atoms with van der Waals surface area (Å²) in [6, 6.07) is 16.5. The van der Waals surface area contributed by atoms with E-state index in [-0.39, 0.29) is 5.78 Å². The van der Waals surface area contributed by atoms with E-state index in [0.717, 1.165) is 5.56 Å². The standard InChI is InChI=1S/C22H22N4O3/c1-4-28-18-12-11-16(13-19(18)29-5-2)20(27)17(14-23)22-25-24-21(26(22)3)15-9-7-6-8-10-15/h6-13,17H,4-5H2,1-3H3. The predicted molar refractivity (Wildman–Crippen MR) is 108 cm³/mol. The summed E-state index contributed by atoms with van der Waals surface area (Å²) in [6.45, 7) is 4.64. The molecule has 1 atom stereocenters. The van der Waals surface area contributed by atoms with Crippen LogP contribution in [0, 0.1) is 11.3 Å². The van der Waals surface area contributed by atoms with Gasteiger partial charge in [0, 0.05) is 18.2 Å². The second-order valence-electron chi connectivity index (χ2n) is 6.26. The van der Waals surface area contributed by atoms with Crippen LogP contribution in [0.2, 0.25) is 0 Å². The van der Waals surface area contributed by atoms with Crippen molar-refractivity contribution >= 4 is 5.78 Å². The summed E-state index contributed by atoms with van der Waals surface area (Å²) in [6.07, 6.45) is 0. The summed E-state index contributed by atoms with van der Waals surface area (Å²) in [5, 5.41) is 18.0. The Morgan fingerprint density at radius 2 is 1.76 bits per heavy atom. The van der Waals surface area contributed by atoms with Gasteiger partial charge in [-0.15, -0.1) is 10.2 Å². The minimum atomic E-state index is -1.09. The summed E-state index contributed by atoms with van der Waals surface area (Å²) in [5.74, 6) is 0.465. The van der Waals surface area contributed by atoms with Crippen LogP contribution < -0.4 is 9.47 Å². The van der Waals surface area contributed by atoms with Gasteiger partial charge in [0.2, 0.25) is 0 Å². The molecule has 0 aliphatic carbocycles. The zero-order chi connectivity index (χ0) is 20.8. The molecule has 0 spiro atoms. The Balaban J connectivity index is 1.95. The third-order valence-electron chi connectivity index (χ3n) is 4.42. The van der Waals surface area contributed by atoms with Crippen molar-refractivity contribution in [3.8, 4) is 29.0 Å². The molecule has 1 unspecified atom stereocenters. The molecule has 0 N–H and O–H groups in total. The molecule has 3 aromatic rings. The fourth-order valence-corrected chi connectivity index (χ4v) is 3.04. The van der Waals surface area contributed by atoms with Crippen molar-refractivity contribution in [2.24, 2.45) is 7.05 Å². The highest BCUT2D eigenvalue weighted by atomic mass is 16.5. The van der Waals surface area contributed by atoms with Gasteiger partial charge in [-0.3, -0.25) is 4.79 Å². The Bertz CT molecular complexity index is 1040. The van der Waals surface area contributed by atoms with Gasteiger partial charge >= 0.3 is 0 Å². The number of rotatable bonds is 8. The van der Waals surface area contributed by atoms with Crippen molar-refractivity contribution in [3.05, 3.63) is 59.9 Å². The summed E-state index contributed by atoms with van der Waals surface area (Å²) >= 11 is 0. The van der Waals surface area contributed by atoms with Gasteiger partial charge in [-0.05, 0) is 32.0 Å². The topological polar surface area (TPSA) is 90.0 Å². The van der Waals surface area contributed by atoms with E-state index in [1.54, 1.807) is 29.8 Å². The number of nitriles is 1. The number of ketones is 1. The monoisotopic (exact) mass is 390 g/mol. The molecule has 29 heavy (non-hydrogen) atoms. The van der Waals surface area contributed by atoms with E-state index >= 15 is 0 Å². The molecule has 0 radical (unpaired) electrons. The van der Waals surface area contributed by atoms with Gasteiger partial charge in [0.1, 0.15) is 0 Å². The Kier molecular flexibility index (Phi) is 6.25. The van der Waals surface area contributed by atoms with Crippen LogP contribution in [-0.2, 0) is 7.05 Å². The van der Waals surface area contributed by atoms with E-state index < -0.39 is 5.92 Å². The van der Waals surface area contributed by atoms with Crippen molar-refractivity contribution in [1.82, 2.24) is 14.8 Å². The zero-order valence-corrected chi connectivity index (χ0v) is 16.6. The quantitative estimate of drug-likeness (QED) is 0.544. The molecule has 0 saturated heterocycles. The first-order chi connectivity index (χ1) is 14.1. The van der Waals surface area contributed by atoms with E-state index in [2.05, 4.69) is 16.3 Å². The van der Waals surface area contributed by atoms with Crippen LogP contribution in [0.4, 0.5) is 0 Å². The highest BCUT2D eigenvalue weighted by Crippen LogP contribution is 2.31. The van der Waals surface area contributed by atoms with Gasteiger partial charge in [-0.25, -0.2) is 0 Å². The summed E-state index contributed by atoms with van der Waals surface area (Å²) < 4.78 is 12.8. The molecule has 2 aromatic carbocycles. The van der Waals surface area contributed by atoms with Crippen molar-refractivity contribution in [3.63, 3.8) is 0 Å². The molecule has 3 rings (SSSR count). The largest absolute Gasteiger partial charge is 0.490 e. The maximum atomic E-state index is 13.1. The SMILES string of the molecule is CCOc1ccc(C(=O)C(C#N)c2nnc(-c3ccccc3)n2C)cc1OCC. The van der Waals surface area contributed by atoms with Crippen molar-refractivity contribution in [2.75, 3.05) is 13.2 Å². The Hall–Kier alpha value is -3.66. The van der Waals surface area contributed by atoms with E-state index in [0.29, 0.717) is 41.9 Å². The molecule has 7 heteroatoms. The lowest BCUT2D eigenvalue weighted by molar-refractivity contribution is 0.0974. The summed E-state index contributed by atoms with van der Waals surface area (Å²) in [4.78, 5) is 13.1. The number of benzene rings is 2. The Morgan fingerprint density at radius 1 is 1.07 bits per heavy atom. The molecule has 0 bridgehead atoms. The first-order valence-corrected chi connectivity index (χ1v) is 9.38. The first kappa shape index (κ1) is 20.1. The number of carbonyl (C=O) groups excluding carboxylic acids is 1. The van der Waals surface area contributed by atoms with Crippen molar-refractivity contribution < 1.29 is 14.3 Å². The molecule has 0 aliphatic rings. The molecular weight excluding hydrogens is 368 g/mol. The smallest absolute Gasteiger partial charge is 0.187 e. The third kappa shape index (κ3) is 4.11. The number of Topliss-reactive ketones (excluding diaryl/α,β-unsaturated/α-hetero) is 1. The van der Waals surface area contributed by atoms with Gasteiger partial charge in [0.15, 0.2) is 34.8 Å². The maximum absolute atomic E-state index is 13.1. The van der Waals surface area contributed by atoms with Crippen LogP contribution in [-0.4, -0.2) is 33.8 Å². The van der Waals surface area contributed by atoms with Gasteiger partial charge in [-0.1, -0.05) is 30.3 Å². The molecule has 0 saturated carbocycles. The van der Waals surface area contributed by atoms with E-state index in [1.807, 2.05) is 44.2 Å². The fraction of sp³-hybridized carbons (Fsp3) is 0.273. The van der Waals surface area contributed by atoms with Gasteiger partial charge in [0.25, 0.3) is 0 Å². The number of aromatic nitrogens is 3. The summed E-state index contributed by atoms with van der Waals surface area (Å²) in [5.41, 5.74) is 1.21. The molecule has 0 aliphatic heterocycles. The number of nitrogens with zero attached hydrogens (tertiary/aromatic N) is 4. The van der Waals surface area contributed by atoms with Crippen LogP contribution in [0.15, 0.2) is 48.5 Å². The minimum absolute atomic E-state index is 0.295. The second kappa shape index (κ2) is 9.02. The molecule has 148 valence electrons. The average Bonchev–Trinajstić information content (AvgIpc) is 3.12. The van der Waals surface area contributed by atoms with Crippen LogP contribution in [0.1, 0.15) is 35.9 Å². The van der Waals surface area contributed by atoms with E-state index in [1.165, 1.54) is 0 Å². The Morgan fingerprint density at radius 3 is 2.41 bits per heavy atom. The van der Waals surface area contributed by atoms with Crippen LogP contribution in [0.25, 0.3) is 11.4 Å². The second-order valence-corrected chi connectivity index (χ2v) is 6.26. The number of hydrogen-bond donors (Lipinski definition) is 0. The zero-order valence-electron chi connectivity index (χ0n) is 16.6. The molecular formula is C22H22N4O3. The van der Waals surface area contributed by atoms with Gasteiger partial charge < -0.3 is 14.0 Å². The van der Waals surface area contributed by atoms with Crippen molar-refractivity contribution in [1.29, 1.82) is 5.26 Å². The molecule has 1 aromatic heterocycles. The lowest BCUT2D eigenvalue weighted by Crippen LogP contribution is -2.16. The van der Waals surface area contributed by atoms with E-state index in [4.69, 9.17) is 9.47 Å². The van der Waals surface area contributed by atoms with Gasteiger partial charge in [0.05, 0.1) is 19.3 Å². The highest BCUT2D eigenvalue weighted by Gasteiger charge is 2.28. The normalized spacial score (nSPS) is 11.5. The number of carbonyl (C=O) groups is 1. The lowest BCUT2D eigenvalue weighted by Gasteiger charge is -2.13. The lowest BCUT2D eigenvalue weighted by atomic mass is 9.97. The van der Waals surface area contributed by atoms with E-state index in [9.17, 15) is 10.1 Å². The molecule has 0 amide bonds. The third-order valence-corrected chi connectivity index (χ3v) is 4.42. The fourth-order valence-electron chi connectivity index (χ4n) is 3.04. The highest BCUT2D eigenvalue weighted by molar-refractivity contribution is 6.02. The first-order valence-electron chi connectivity index (χ1n) is 9.38. The molecule has 1 heterocycles. The Labute approximate surface area is 169 Å². The average molecular weight is 390 g/mol. The number of ether oxygens (including phenoxy) is 2. The van der Waals surface area contributed by atoms with Crippen LogP contribution in [0.3, 0.4) is 0 Å². The number of hydrogen-bond acceptors (Lipinski definition) is 6. The van der Waals surface area contributed by atoms with Crippen LogP contribution in [0.5, 0.6) is 11.5 Å². The maximum Gasteiger partial charge on any atom is 0.187 e. The van der Waals surface area contributed by atoms with Crippen molar-refractivity contribution in [2.45, 2.75) is 19.8 Å². The minimum Gasteiger partial charge on any atom is -0.490 e. The van der Waals surface area contributed by atoms with Crippen LogP contribution >= 0.6 is 0 Å². The molecule has 0 fully saturated rings.